The molecule has 1 aliphatic carbocycles. The van der Waals surface area contributed by atoms with Gasteiger partial charge in [0.2, 0.25) is 0 Å². The van der Waals surface area contributed by atoms with E-state index in [4.69, 9.17) is 4.52 Å². The van der Waals surface area contributed by atoms with Crippen LogP contribution in [0.2, 0.25) is 0 Å². The van der Waals surface area contributed by atoms with E-state index in [0.717, 1.165) is 36.3 Å². The number of nitrogens with zero attached hydrogens (tertiary/aromatic N) is 2. The first kappa shape index (κ1) is 15.6. The van der Waals surface area contributed by atoms with Crippen LogP contribution in [-0.2, 0) is 13.0 Å². The first-order chi connectivity index (χ1) is 11.1. The Labute approximate surface area is 136 Å². The number of aryl methyl sites for hydroxylation is 3. The Hall–Kier alpha value is -2.30. The molecule has 1 aliphatic rings. The molecule has 0 saturated carbocycles. The van der Waals surface area contributed by atoms with E-state index in [0.29, 0.717) is 6.54 Å². The molecule has 23 heavy (non-hydrogen) atoms. The highest BCUT2D eigenvalue weighted by molar-refractivity contribution is 5.74. The van der Waals surface area contributed by atoms with Gasteiger partial charge in [0.05, 0.1) is 18.3 Å². The lowest BCUT2D eigenvalue weighted by Gasteiger charge is -2.28. The van der Waals surface area contributed by atoms with Crippen LogP contribution in [0, 0.1) is 13.8 Å². The number of carbonyl (C=O) groups excluding carboxylic acids is 1. The van der Waals surface area contributed by atoms with E-state index in [1.54, 1.807) is 11.9 Å². The van der Waals surface area contributed by atoms with Gasteiger partial charge in [-0.1, -0.05) is 29.4 Å². The van der Waals surface area contributed by atoms with E-state index >= 15 is 0 Å². The lowest BCUT2D eigenvalue weighted by atomic mass is 9.88. The van der Waals surface area contributed by atoms with Crippen LogP contribution in [0.15, 0.2) is 28.8 Å². The van der Waals surface area contributed by atoms with Crippen molar-refractivity contribution in [3.63, 3.8) is 0 Å². The molecule has 2 aromatic rings. The van der Waals surface area contributed by atoms with Crippen molar-refractivity contribution in [3.8, 4) is 0 Å². The largest absolute Gasteiger partial charge is 0.361 e. The van der Waals surface area contributed by atoms with E-state index in [2.05, 4.69) is 28.7 Å². The number of amides is 2. The van der Waals surface area contributed by atoms with Crippen molar-refractivity contribution in [2.24, 2.45) is 0 Å². The highest BCUT2D eigenvalue weighted by Gasteiger charge is 2.23. The fourth-order valence-electron chi connectivity index (χ4n) is 3.20. The minimum absolute atomic E-state index is 0.0632. The van der Waals surface area contributed by atoms with Crippen molar-refractivity contribution >= 4 is 6.03 Å². The molecular weight excluding hydrogens is 290 g/mol. The average molecular weight is 313 g/mol. The monoisotopic (exact) mass is 313 g/mol. The molecule has 1 aromatic heterocycles. The van der Waals surface area contributed by atoms with Gasteiger partial charge in [0.15, 0.2) is 0 Å². The van der Waals surface area contributed by atoms with Crippen LogP contribution in [0.3, 0.4) is 0 Å². The van der Waals surface area contributed by atoms with Crippen molar-refractivity contribution in [3.05, 3.63) is 52.4 Å². The van der Waals surface area contributed by atoms with E-state index in [1.807, 2.05) is 19.9 Å². The summed E-state index contributed by atoms with van der Waals surface area (Å²) in [4.78, 5) is 14.2. The van der Waals surface area contributed by atoms with Crippen LogP contribution in [0.1, 0.15) is 47.0 Å². The average Bonchev–Trinajstić information content (AvgIpc) is 2.87. The normalized spacial score (nSPS) is 16.7. The Morgan fingerprint density at radius 1 is 1.39 bits per heavy atom. The predicted octanol–water partition coefficient (Wildman–Crippen LogP) is 3.51. The molecule has 0 unspecified atom stereocenters. The molecular formula is C18H23N3O2. The van der Waals surface area contributed by atoms with Gasteiger partial charge in [0.25, 0.3) is 0 Å². The number of carbonyl (C=O) groups is 1. The number of hydrogen-bond donors (Lipinski definition) is 1. The summed E-state index contributed by atoms with van der Waals surface area (Å²) in [6.45, 7) is 4.27. The number of hydrogen-bond acceptors (Lipinski definition) is 3. The minimum atomic E-state index is -0.0632. The highest BCUT2D eigenvalue weighted by atomic mass is 16.5. The molecule has 0 aliphatic heterocycles. The third kappa shape index (κ3) is 3.23. The third-order valence-corrected chi connectivity index (χ3v) is 4.59. The van der Waals surface area contributed by atoms with Crippen LogP contribution in [-0.4, -0.2) is 23.1 Å². The molecule has 2 amide bonds. The Morgan fingerprint density at radius 2 is 2.17 bits per heavy atom. The van der Waals surface area contributed by atoms with Crippen molar-refractivity contribution in [1.29, 1.82) is 0 Å². The number of aromatic nitrogens is 1. The summed E-state index contributed by atoms with van der Waals surface area (Å²) in [5, 5.41) is 7.10. The molecule has 1 heterocycles. The molecule has 0 bridgehead atoms. The maximum Gasteiger partial charge on any atom is 0.317 e. The van der Waals surface area contributed by atoms with Crippen molar-refractivity contribution < 1.29 is 9.32 Å². The number of rotatable bonds is 3. The van der Waals surface area contributed by atoms with Gasteiger partial charge in [-0.05, 0) is 44.2 Å². The number of nitrogens with one attached hydrogen (secondary N) is 1. The molecule has 1 N–H and O–H groups in total. The summed E-state index contributed by atoms with van der Waals surface area (Å²) in [5.41, 5.74) is 4.41. The second kappa shape index (κ2) is 6.44. The summed E-state index contributed by atoms with van der Waals surface area (Å²) in [5.74, 6) is 0.769. The molecule has 5 heteroatoms. The molecule has 1 aromatic carbocycles. The van der Waals surface area contributed by atoms with Gasteiger partial charge in [0, 0.05) is 12.6 Å². The Bertz CT molecular complexity index is 689. The van der Waals surface area contributed by atoms with Gasteiger partial charge in [-0.2, -0.15) is 0 Å². The fourth-order valence-corrected chi connectivity index (χ4v) is 3.20. The number of benzene rings is 1. The fraction of sp³-hybridized carbons (Fsp3) is 0.444. The first-order valence-electron chi connectivity index (χ1n) is 8.07. The number of urea groups is 1. The Kier molecular flexibility index (Phi) is 4.37. The highest BCUT2D eigenvalue weighted by Crippen LogP contribution is 2.29. The summed E-state index contributed by atoms with van der Waals surface area (Å²) in [6, 6.07) is 8.41. The molecule has 0 saturated heterocycles. The zero-order chi connectivity index (χ0) is 16.4. The van der Waals surface area contributed by atoms with Gasteiger partial charge in [-0.3, -0.25) is 0 Å². The van der Waals surface area contributed by atoms with Gasteiger partial charge in [-0.15, -0.1) is 0 Å². The smallest absolute Gasteiger partial charge is 0.317 e. The second-order valence-corrected chi connectivity index (χ2v) is 6.25. The Morgan fingerprint density at radius 3 is 2.91 bits per heavy atom. The first-order valence-corrected chi connectivity index (χ1v) is 8.07. The molecule has 0 spiro atoms. The van der Waals surface area contributed by atoms with Gasteiger partial charge < -0.3 is 14.7 Å². The lowest BCUT2D eigenvalue weighted by Crippen LogP contribution is -2.40. The van der Waals surface area contributed by atoms with E-state index in [9.17, 15) is 4.79 Å². The minimum Gasteiger partial charge on any atom is -0.361 e. The maximum atomic E-state index is 12.5. The summed E-state index contributed by atoms with van der Waals surface area (Å²) < 4.78 is 5.16. The van der Waals surface area contributed by atoms with Gasteiger partial charge >= 0.3 is 6.03 Å². The van der Waals surface area contributed by atoms with Crippen LogP contribution < -0.4 is 5.32 Å². The molecule has 5 nitrogen and oxygen atoms in total. The topological polar surface area (TPSA) is 58.4 Å². The zero-order valence-electron chi connectivity index (χ0n) is 13.9. The summed E-state index contributed by atoms with van der Waals surface area (Å²) in [6.07, 6.45) is 3.19. The summed E-state index contributed by atoms with van der Waals surface area (Å²) >= 11 is 0. The van der Waals surface area contributed by atoms with Crippen molar-refractivity contribution in [1.82, 2.24) is 15.4 Å². The molecule has 122 valence electrons. The van der Waals surface area contributed by atoms with E-state index in [1.165, 1.54) is 11.1 Å². The van der Waals surface area contributed by atoms with Gasteiger partial charge in [-0.25, -0.2) is 4.79 Å². The molecule has 3 rings (SSSR count). The maximum absolute atomic E-state index is 12.5. The van der Waals surface area contributed by atoms with Crippen LogP contribution in [0.4, 0.5) is 4.79 Å². The van der Waals surface area contributed by atoms with Crippen LogP contribution >= 0.6 is 0 Å². The predicted molar refractivity (Wildman–Crippen MR) is 88.1 cm³/mol. The molecule has 0 fully saturated rings. The van der Waals surface area contributed by atoms with Crippen molar-refractivity contribution in [2.75, 3.05) is 7.05 Å². The SMILES string of the molecule is Cc1noc(C)c1CN(C)C(=O)N[C@@H]1CCCc2ccccc21. The molecule has 1 atom stereocenters. The zero-order valence-corrected chi connectivity index (χ0v) is 13.9. The van der Waals surface area contributed by atoms with Crippen LogP contribution in [0.25, 0.3) is 0 Å². The van der Waals surface area contributed by atoms with Crippen molar-refractivity contribution in [2.45, 2.75) is 45.7 Å². The standard InChI is InChI=1S/C18H23N3O2/c1-12-16(13(2)23-20-12)11-21(3)18(22)19-17-10-6-8-14-7-4-5-9-15(14)17/h4-5,7,9,17H,6,8,10-11H2,1-3H3,(H,19,22)/t17-/m1/s1. The van der Waals surface area contributed by atoms with E-state index in [-0.39, 0.29) is 12.1 Å². The van der Waals surface area contributed by atoms with E-state index < -0.39 is 0 Å². The van der Waals surface area contributed by atoms with Crippen LogP contribution in [0.5, 0.6) is 0 Å². The quantitative estimate of drug-likeness (QED) is 0.943. The summed E-state index contributed by atoms with van der Waals surface area (Å²) in [7, 11) is 1.80. The number of fused-ring (bicyclic) bond motifs is 1. The second-order valence-electron chi connectivity index (χ2n) is 6.25. The lowest BCUT2D eigenvalue weighted by molar-refractivity contribution is 0.201. The Balaban J connectivity index is 1.68. The molecule has 0 radical (unpaired) electrons. The van der Waals surface area contributed by atoms with Gasteiger partial charge in [0.1, 0.15) is 5.76 Å². The third-order valence-electron chi connectivity index (χ3n) is 4.59.